The van der Waals surface area contributed by atoms with E-state index in [1.807, 2.05) is 6.92 Å². The van der Waals surface area contributed by atoms with Crippen LogP contribution in [0.15, 0.2) is 24.3 Å². The molecule has 2 aliphatic rings. The van der Waals surface area contributed by atoms with Gasteiger partial charge in [0.15, 0.2) is 5.72 Å². The summed E-state index contributed by atoms with van der Waals surface area (Å²) in [5, 5.41) is 12.0. The van der Waals surface area contributed by atoms with Crippen LogP contribution in [0.25, 0.3) is 11.1 Å². The van der Waals surface area contributed by atoms with Gasteiger partial charge in [-0.2, -0.15) is 0 Å². The topological polar surface area (TPSA) is 134 Å². The molecule has 1 atom stereocenters. The minimum Gasteiger partial charge on any atom is -0.465 e. The SMILES string of the molecule is COC(=O)c1c(C)nc(C)c(C(=O)OC(C)(CN2CCOCC2)N2CCOCC2)c1-c1ccccc1[N+](=O)[O-]. The molecule has 2 aromatic rings. The normalized spacial score (nSPS) is 18.3. The van der Waals surface area contributed by atoms with Crippen molar-refractivity contribution in [3.05, 3.63) is 56.9 Å². The molecular weight excluding hydrogens is 508 g/mol. The van der Waals surface area contributed by atoms with Crippen molar-refractivity contribution in [3.8, 4) is 11.1 Å². The molecular formula is C27H34N4O8. The molecule has 0 amide bonds. The van der Waals surface area contributed by atoms with Gasteiger partial charge in [0.05, 0.1) is 73.1 Å². The zero-order valence-corrected chi connectivity index (χ0v) is 22.7. The molecule has 12 nitrogen and oxygen atoms in total. The lowest BCUT2D eigenvalue weighted by atomic mass is 9.91. The first-order valence-corrected chi connectivity index (χ1v) is 12.9. The number of hydrogen-bond donors (Lipinski definition) is 0. The Morgan fingerprint density at radius 1 is 1.00 bits per heavy atom. The first-order valence-electron chi connectivity index (χ1n) is 12.9. The van der Waals surface area contributed by atoms with Crippen molar-refractivity contribution in [1.29, 1.82) is 0 Å². The summed E-state index contributed by atoms with van der Waals surface area (Å²) >= 11 is 0. The third kappa shape index (κ3) is 6.09. The number of rotatable bonds is 8. The number of nitrogens with zero attached hydrogens (tertiary/aromatic N) is 4. The van der Waals surface area contributed by atoms with E-state index < -0.39 is 22.6 Å². The second kappa shape index (κ2) is 12.2. The van der Waals surface area contributed by atoms with Gasteiger partial charge in [0.2, 0.25) is 0 Å². The third-order valence-corrected chi connectivity index (χ3v) is 7.14. The number of morpholine rings is 2. The molecule has 0 spiro atoms. The van der Waals surface area contributed by atoms with Crippen LogP contribution in [0, 0.1) is 24.0 Å². The van der Waals surface area contributed by atoms with Crippen molar-refractivity contribution in [3.63, 3.8) is 0 Å². The van der Waals surface area contributed by atoms with Crippen molar-refractivity contribution in [2.24, 2.45) is 0 Å². The van der Waals surface area contributed by atoms with E-state index in [4.69, 9.17) is 18.9 Å². The number of nitro benzene ring substituents is 1. The Morgan fingerprint density at radius 2 is 1.56 bits per heavy atom. The van der Waals surface area contributed by atoms with Crippen LogP contribution in [-0.2, 0) is 18.9 Å². The van der Waals surface area contributed by atoms with Crippen LogP contribution in [0.2, 0.25) is 0 Å². The number of aromatic nitrogens is 1. The maximum Gasteiger partial charge on any atom is 0.342 e. The van der Waals surface area contributed by atoms with Gasteiger partial charge in [0.25, 0.3) is 5.69 Å². The Bertz CT molecular complexity index is 1240. The number of carbonyl (C=O) groups is 2. The zero-order valence-electron chi connectivity index (χ0n) is 22.7. The lowest BCUT2D eigenvalue weighted by Gasteiger charge is -2.45. The van der Waals surface area contributed by atoms with Crippen LogP contribution in [0.1, 0.15) is 39.0 Å². The van der Waals surface area contributed by atoms with Crippen molar-refractivity contribution in [2.75, 3.05) is 66.3 Å². The van der Waals surface area contributed by atoms with Gasteiger partial charge < -0.3 is 18.9 Å². The highest BCUT2D eigenvalue weighted by Gasteiger charge is 2.41. The molecule has 0 radical (unpaired) electrons. The smallest absolute Gasteiger partial charge is 0.342 e. The van der Waals surface area contributed by atoms with E-state index in [9.17, 15) is 19.7 Å². The van der Waals surface area contributed by atoms with Gasteiger partial charge in [-0.3, -0.25) is 24.9 Å². The zero-order chi connectivity index (χ0) is 28.2. The molecule has 1 aromatic carbocycles. The summed E-state index contributed by atoms with van der Waals surface area (Å²) in [6.07, 6.45) is 0. The highest BCUT2D eigenvalue weighted by molar-refractivity contribution is 6.08. The molecule has 0 bridgehead atoms. The van der Waals surface area contributed by atoms with E-state index in [1.165, 1.54) is 25.3 Å². The Hall–Kier alpha value is -3.45. The number of pyridine rings is 1. The molecule has 1 unspecified atom stereocenters. The fourth-order valence-corrected chi connectivity index (χ4v) is 5.22. The summed E-state index contributed by atoms with van der Waals surface area (Å²) in [6, 6.07) is 5.97. The minimum absolute atomic E-state index is 0.0169. The van der Waals surface area contributed by atoms with Crippen LogP contribution in [-0.4, -0.2) is 104 Å². The van der Waals surface area contributed by atoms with Gasteiger partial charge in [-0.1, -0.05) is 12.1 Å². The number of nitro groups is 1. The average Bonchev–Trinajstić information content (AvgIpc) is 2.93. The Balaban J connectivity index is 1.85. The van der Waals surface area contributed by atoms with Gasteiger partial charge in [0.1, 0.15) is 0 Å². The van der Waals surface area contributed by atoms with Crippen molar-refractivity contribution in [2.45, 2.75) is 26.5 Å². The number of benzene rings is 1. The summed E-state index contributed by atoms with van der Waals surface area (Å²) in [5.74, 6) is -1.49. The predicted octanol–water partition coefficient (Wildman–Crippen LogP) is 2.60. The minimum atomic E-state index is -1.05. The average molecular weight is 543 g/mol. The van der Waals surface area contributed by atoms with E-state index in [2.05, 4.69) is 14.8 Å². The summed E-state index contributed by atoms with van der Waals surface area (Å²) < 4.78 is 22.3. The van der Waals surface area contributed by atoms with E-state index >= 15 is 0 Å². The fraction of sp³-hybridized carbons (Fsp3) is 0.519. The fourth-order valence-electron chi connectivity index (χ4n) is 5.22. The largest absolute Gasteiger partial charge is 0.465 e. The molecule has 4 rings (SSSR count). The monoisotopic (exact) mass is 542 g/mol. The summed E-state index contributed by atoms with van der Waals surface area (Å²) in [5.41, 5.74) is -0.610. The quantitative estimate of drug-likeness (QED) is 0.277. The maximum absolute atomic E-state index is 14.1. The lowest BCUT2D eigenvalue weighted by Crippen LogP contribution is -2.60. The molecule has 3 heterocycles. The van der Waals surface area contributed by atoms with Crippen LogP contribution in [0.5, 0.6) is 0 Å². The number of aryl methyl sites for hydroxylation is 2. The highest BCUT2D eigenvalue weighted by atomic mass is 16.6. The second-order valence-electron chi connectivity index (χ2n) is 9.73. The Labute approximate surface area is 226 Å². The molecule has 2 fully saturated rings. The molecule has 210 valence electrons. The Morgan fingerprint density at radius 3 is 2.15 bits per heavy atom. The standard InChI is InChI=1S/C27H34N4O8/c1-18-22(25(32)36-4)24(20-7-5-6-8-21(20)31(34)35)23(19(2)28-18)26(33)39-27(3,30-11-15-38-16-12-30)17-29-9-13-37-14-10-29/h5-8H,9-17H2,1-4H3. The number of methoxy groups -OCH3 is 1. The molecule has 39 heavy (non-hydrogen) atoms. The van der Waals surface area contributed by atoms with Crippen LogP contribution in [0.3, 0.4) is 0 Å². The van der Waals surface area contributed by atoms with Gasteiger partial charge in [-0.15, -0.1) is 0 Å². The first kappa shape index (κ1) is 28.6. The number of carbonyl (C=O) groups excluding carboxylic acids is 2. The van der Waals surface area contributed by atoms with Crippen LogP contribution < -0.4 is 0 Å². The molecule has 1 aromatic heterocycles. The number of ether oxygens (including phenoxy) is 4. The molecule has 12 heteroatoms. The number of para-hydroxylation sites is 1. The van der Waals surface area contributed by atoms with Crippen molar-refractivity contribution in [1.82, 2.24) is 14.8 Å². The van der Waals surface area contributed by atoms with Gasteiger partial charge in [-0.05, 0) is 26.8 Å². The maximum atomic E-state index is 14.1. The predicted molar refractivity (Wildman–Crippen MR) is 141 cm³/mol. The third-order valence-electron chi connectivity index (χ3n) is 7.14. The van der Waals surface area contributed by atoms with Crippen LogP contribution >= 0.6 is 0 Å². The van der Waals surface area contributed by atoms with E-state index in [0.717, 1.165) is 0 Å². The van der Waals surface area contributed by atoms with Crippen molar-refractivity contribution >= 4 is 17.6 Å². The summed E-state index contributed by atoms with van der Waals surface area (Å²) in [7, 11) is 1.21. The first-order chi connectivity index (χ1) is 18.7. The Kier molecular flexibility index (Phi) is 8.90. The molecule has 2 aliphatic heterocycles. The molecule has 0 aliphatic carbocycles. The van der Waals surface area contributed by atoms with Crippen LogP contribution in [0.4, 0.5) is 5.69 Å². The van der Waals surface area contributed by atoms with Gasteiger partial charge >= 0.3 is 11.9 Å². The summed E-state index contributed by atoms with van der Waals surface area (Å²) in [4.78, 5) is 47.2. The van der Waals surface area contributed by atoms with Crippen molar-refractivity contribution < 1.29 is 33.5 Å². The number of hydrogen-bond acceptors (Lipinski definition) is 11. The van der Waals surface area contributed by atoms with E-state index in [-0.39, 0.29) is 39.3 Å². The highest BCUT2D eigenvalue weighted by Crippen LogP contribution is 2.38. The molecule has 0 N–H and O–H groups in total. The van der Waals surface area contributed by atoms with Gasteiger partial charge in [-0.25, -0.2) is 9.59 Å². The molecule has 2 saturated heterocycles. The van der Waals surface area contributed by atoms with Gasteiger partial charge in [0, 0.05) is 37.8 Å². The van der Waals surface area contributed by atoms with E-state index in [1.54, 1.807) is 19.9 Å². The van der Waals surface area contributed by atoms with E-state index in [0.29, 0.717) is 59.2 Å². The summed E-state index contributed by atoms with van der Waals surface area (Å²) in [6.45, 7) is 10.2. The molecule has 0 saturated carbocycles. The second-order valence-corrected chi connectivity index (χ2v) is 9.73. The number of esters is 2. The lowest BCUT2D eigenvalue weighted by molar-refractivity contribution is -0.384.